The summed E-state index contributed by atoms with van der Waals surface area (Å²) < 4.78 is 0. The van der Waals surface area contributed by atoms with E-state index >= 15 is 0 Å². The topological polar surface area (TPSA) is 20.3 Å². The zero-order valence-corrected chi connectivity index (χ0v) is 15.3. The Morgan fingerprint density at radius 2 is 2.05 bits per heavy atom. The fourth-order valence-electron chi connectivity index (χ4n) is 2.72. The monoisotopic (exact) mass is 359 g/mol. The standard InChI is InChI=1S/C17H23Cl2NOS/c1-2-3-4-5-6-10-15(21)20-11-12-22-17(20)13-8-7-9-14(18)16(13)19/h7-9,17H,2-6,10-12H2,1H3. The summed E-state index contributed by atoms with van der Waals surface area (Å²) in [6, 6.07) is 5.65. The highest BCUT2D eigenvalue weighted by Gasteiger charge is 2.31. The number of nitrogens with zero attached hydrogens (tertiary/aromatic N) is 1. The van der Waals surface area contributed by atoms with Gasteiger partial charge in [-0.3, -0.25) is 4.79 Å². The molecule has 0 radical (unpaired) electrons. The first kappa shape index (κ1) is 18.0. The van der Waals surface area contributed by atoms with Gasteiger partial charge in [0.25, 0.3) is 0 Å². The number of rotatable bonds is 7. The molecule has 2 nitrogen and oxygen atoms in total. The highest BCUT2D eigenvalue weighted by molar-refractivity contribution is 7.99. The van der Waals surface area contributed by atoms with Gasteiger partial charge < -0.3 is 4.90 Å². The average Bonchev–Trinajstić information content (AvgIpc) is 2.99. The van der Waals surface area contributed by atoms with Crippen molar-refractivity contribution in [2.24, 2.45) is 0 Å². The van der Waals surface area contributed by atoms with Crippen LogP contribution in [0.15, 0.2) is 18.2 Å². The van der Waals surface area contributed by atoms with Crippen LogP contribution in [0, 0.1) is 0 Å². The summed E-state index contributed by atoms with van der Waals surface area (Å²) in [5, 5.41) is 1.14. The van der Waals surface area contributed by atoms with Crippen molar-refractivity contribution in [2.45, 2.75) is 50.8 Å². The van der Waals surface area contributed by atoms with Gasteiger partial charge in [0.05, 0.1) is 10.0 Å². The fourth-order valence-corrected chi connectivity index (χ4v) is 4.50. The predicted octanol–water partition coefficient (Wildman–Crippen LogP) is 5.93. The first-order chi connectivity index (χ1) is 10.6. The molecule has 1 aliphatic rings. The molecular formula is C17H23Cl2NOS. The van der Waals surface area contributed by atoms with Gasteiger partial charge in [0, 0.05) is 24.3 Å². The highest BCUT2D eigenvalue weighted by atomic mass is 35.5. The van der Waals surface area contributed by atoms with E-state index in [2.05, 4.69) is 6.92 Å². The third-order valence-electron chi connectivity index (χ3n) is 3.95. The highest BCUT2D eigenvalue weighted by Crippen LogP contribution is 2.43. The lowest BCUT2D eigenvalue weighted by Gasteiger charge is -2.25. The van der Waals surface area contributed by atoms with E-state index in [1.807, 2.05) is 17.0 Å². The third kappa shape index (κ3) is 4.56. The predicted molar refractivity (Wildman–Crippen MR) is 96.8 cm³/mol. The summed E-state index contributed by atoms with van der Waals surface area (Å²) in [6.07, 6.45) is 6.47. The molecule has 0 aromatic heterocycles. The SMILES string of the molecule is CCCCCCCC(=O)N1CCSC1c1cccc(Cl)c1Cl. The molecule has 0 saturated carbocycles. The van der Waals surface area contributed by atoms with Gasteiger partial charge in [-0.2, -0.15) is 0 Å². The van der Waals surface area contributed by atoms with Gasteiger partial charge >= 0.3 is 0 Å². The van der Waals surface area contributed by atoms with Crippen LogP contribution < -0.4 is 0 Å². The Morgan fingerprint density at radius 1 is 1.27 bits per heavy atom. The van der Waals surface area contributed by atoms with Crippen LogP contribution in [0.5, 0.6) is 0 Å². The van der Waals surface area contributed by atoms with Crippen LogP contribution in [0.2, 0.25) is 10.0 Å². The molecule has 0 N–H and O–H groups in total. The summed E-state index contributed by atoms with van der Waals surface area (Å²) in [5.41, 5.74) is 0.955. The molecule has 1 fully saturated rings. The second kappa shape index (κ2) is 9.05. The van der Waals surface area contributed by atoms with Gasteiger partial charge in [-0.15, -0.1) is 11.8 Å². The summed E-state index contributed by atoms with van der Waals surface area (Å²) in [7, 11) is 0. The maximum absolute atomic E-state index is 12.5. The Bertz CT molecular complexity index is 509. The normalized spacial score (nSPS) is 18.0. The number of hydrogen-bond acceptors (Lipinski definition) is 2. The number of amides is 1. The van der Waals surface area contributed by atoms with Crippen molar-refractivity contribution in [2.75, 3.05) is 12.3 Å². The average molecular weight is 360 g/mol. The van der Waals surface area contributed by atoms with E-state index in [0.717, 1.165) is 30.7 Å². The maximum Gasteiger partial charge on any atom is 0.223 e. The molecule has 2 rings (SSSR count). The van der Waals surface area contributed by atoms with E-state index in [1.54, 1.807) is 17.8 Å². The molecular weight excluding hydrogens is 337 g/mol. The van der Waals surface area contributed by atoms with Crippen LogP contribution in [0.4, 0.5) is 0 Å². The van der Waals surface area contributed by atoms with E-state index in [4.69, 9.17) is 23.2 Å². The van der Waals surface area contributed by atoms with Crippen molar-refractivity contribution < 1.29 is 4.79 Å². The second-order valence-corrected chi connectivity index (χ2v) is 7.59. The second-order valence-electron chi connectivity index (χ2n) is 5.62. The van der Waals surface area contributed by atoms with Gasteiger partial charge in [0.1, 0.15) is 5.37 Å². The van der Waals surface area contributed by atoms with Crippen molar-refractivity contribution in [3.8, 4) is 0 Å². The van der Waals surface area contributed by atoms with Crippen molar-refractivity contribution in [3.05, 3.63) is 33.8 Å². The zero-order valence-electron chi connectivity index (χ0n) is 13.0. The minimum Gasteiger partial charge on any atom is -0.326 e. The molecule has 122 valence electrons. The first-order valence-electron chi connectivity index (χ1n) is 8.00. The molecule has 0 bridgehead atoms. The molecule has 1 atom stereocenters. The maximum atomic E-state index is 12.5. The lowest BCUT2D eigenvalue weighted by Crippen LogP contribution is -2.30. The van der Waals surface area contributed by atoms with E-state index < -0.39 is 0 Å². The minimum atomic E-state index is 0.00865. The number of benzene rings is 1. The lowest BCUT2D eigenvalue weighted by atomic mass is 10.1. The number of hydrogen-bond donors (Lipinski definition) is 0. The minimum absolute atomic E-state index is 0.00865. The molecule has 1 unspecified atom stereocenters. The largest absolute Gasteiger partial charge is 0.326 e. The van der Waals surface area contributed by atoms with Crippen LogP contribution >= 0.6 is 35.0 Å². The fraction of sp³-hybridized carbons (Fsp3) is 0.588. The van der Waals surface area contributed by atoms with Crippen LogP contribution in [0.1, 0.15) is 56.4 Å². The van der Waals surface area contributed by atoms with E-state index in [0.29, 0.717) is 16.5 Å². The molecule has 1 saturated heterocycles. The van der Waals surface area contributed by atoms with E-state index in [9.17, 15) is 4.79 Å². The van der Waals surface area contributed by atoms with Gasteiger partial charge in [-0.05, 0) is 12.5 Å². The quantitative estimate of drug-likeness (QED) is 0.562. The molecule has 1 heterocycles. The Morgan fingerprint density at radius 3 is 2.82 bits per heavy atom. The van der Waals surface area contributed by atoms with Crippen molar-refractivity contribution in [3.63, 3.8) is 0 Å². The van der Waals surface area contributed by atoms with Gasteiger partial charge in [-0.25, -0.2) is 0 Å². The molecule has 1 aromatic carbocycles. The van der Waals surface area contributed by atoms with Crippen LogP contribution in [0.25, 0.3) is 0 Å². The number of halogens is 2. The summed E-state index contributed by atoms with van der Waals surface area (Å²) in [6.45, 7) is 3.00. The molecule has 1 aliphatic heterocycles. The summed E-state index contributed by atoms with van der Waals surface area (Å²) >= 11 is 14.2. The molecule has 0 aliphatic carbocycles. The van der Waals surface area contributed by atoms with Gasteiger partial charge in [0.2, 0.25) is 5.91 Å². The van der Waals surface area contributed by atoms with Crippen molar-refractivity contribution in [1.82, 2.24) is 4.90 Å². The van der Waals surface area contributed by atoms with Gasteiger partial charge in [0.15, 0.2) is 0 Å². The Labute approximate surface area is 147 Å². The molecule has 22 heavy (non-hydrogen) atoms. The Hall–Kier alpha value is -0.380. The third-order valence-corrected chi connectivity index (χ3v) is 6.03. The lowest BCUT2D eigenvalue weighted by molar-refractivity contribution is -0.131. The molecule has 1 aromatic rings. The van der Waals surface area contributed by atoms with Crippen molar-refractivity contribution >= 4 is 40.9 Å². The van der Waals surface area contributed by atoms with Crippen LogP contribution in [-0.4, -0.2) is 23.1 Å². The Balaban J connectivity index is 1.95. The molecule has 1 amide bonds. The summed E-state index contributed by atoms with van der Waals surface area (Å²) in [4.78, 5) is 14.5. The molecule has 0 spiro atoms. The molecule has 5 heteroatoms. The van der Waals surface area contributed by atoms with Crippen LogP contribution in [0.3, 0.4) is 0 Å². The summed E-state index contributed by atoms with van der Waals surface area (Å²) in [5.74, 6) is 1.19. The zero-order chi connectivity index (χ0) is 15.9. The van der Waals surface area contributed by atoms with Gasteiger partial charge in [-0.1, -0.05) is 67.9 Å². The Kier molecular flexibility index (Phi) is 7.39. The van der Waals surface area contributed by atoms with E-state index in [-0.39, 0.29) is 11.3 Å². The van der Waals surface area contributed by atoms with Crippen LogP contribution in [-0.2, 0) is 4.79 Å². The van der Waals surface area contributed by atoms with E-state index in [1.165, 1.54) is 19.3 Å². The number of thioether (sulfide) groups is 1. The smallest absolute Gasteiger partial charge is 0.223 e. The number of carbonyl (C=O) groups excluding carboxylic acids is 1. The first-order valence-corrected chi connectivity index (χ1v) is 9.80. The number of unbranched alkanes of at least 4 members (excludes halogenated alkanes) is 4. The van der Waals surface area contributed by atoms with Crippen molar-refractivity contribution in [1.29, 1.82) is 0 Å². The number of carbonyl (C=O) groups is 1.